The average molecular weight is 372 g/mol. The van der Waals surface area contributed by atoms with E-state index in [1.807, 2.05) is 0 Å². The highest BCUT2D eigenvalue weighted by molar-refractivity contribution is 6.74. The van der Waals surface area contributed by atoms with Crippen molar-refractivity contribution in [3.8, 4) is 0 Å². The lowest BCUT2D eigenvalue weighted by atomic mass is 10.1. The van der Waals surface area contributed by atoms with Crippen LogP contribution in [0.4, 0.5) is 0 Å². The second-order valence-electron chi connectivity index (χ2n) is 7.81. The van der Waals surface area contributed by atoms with Gasteiger partial charge in [-0.25, -0.2) is 4.79 Å². The Hall–Kier alpha value is -1.26. The van der Waals surface area contributed by atoms with Crippen LogP contribution in [-0.2, 0) is 13.9 Å². The Morgan fingerprint density at radius 1 is 1.32 bits per heavy atom. The highest BCUT2D eigenvalue weighted by Gasteiger charge is 2.51. The van der Waals surface area contributed by atoms with Gasteiger partial charge in [-0.2, -0.15) is 0 Å². The zero-order valence-corrected chi connectivity index (χ0v) is 16.6. The molecule has 2 rings (SSSR count). The highest BCUT2D eigenvalue weighted by atomic mass is 28.4. The number of aliphatic hydroxyl groups is 1. The van der Waals surface area contributed by atoms with Crippen LogP contribution in [0.5, 0.6) is 0 Å². The number of nitrogens with one attached hydrogen (secondary N) is 1. The topological polar surface area (TPSA) is 103 Å². The van der Waals surface area contributed by atoms with E-state index < -0.39 is 44.1 Å². The first-order chi connectivity index (χ1) is 11.5. The minimum absolute atomic E-state index is 0.0296. The van der Waals surface area contributed by atoms with Crippen LogP contribution in [0, 0.1) is 0 Å². The third kappa shape index (κ3) is 3.95. The molecule has 0 spiro atoms. The van der Waals surface area contributed by atoms with Crippen LogP contribution in [-0.4, -0.2) is 55.0 Å². The molecule has 2 heterocycles. The Kier molecular flexibility index (Phi) is 5.74. The Morgan fingerprint density at radius 3 is 2.44 bits per heavy atom. The fourth-order valence-corrected chi connectivity index (χ4v) is 3.94. The van der Waals surface area contributed by atoms with E-state index in [0.29, 0.717) is 0 Å². The van der Waals surface area contributed by atoms with Crippen molar-refractivity contribution < 1.29 is 19.0 Å². The molecule has 1 unspecified atom stereocenters. The summed E-state index contributed by atoms with van der Waals surface area (Å²) in [4.78, 5) is 25.6. The molecule has 1 aliphatic rings. The van der Waals surface area contributed by atoms with E-state index in [-0.39, 0.29) is 11.6 Å². The molecule has 1 aromatic rings. The molecule has 0 aromatic carbocycles. The maximum Gasteiger partial charge on any atom is 0.330 e. The van der Waals surface area contributed by atoms with Crippen LogP contribution in [0.15, 0.2) is 21.9 Å². The maximum absolute atomic E-state index is 12.1. The van der Waals surface area contributed by atoms with Crippen molar-refractivity contribution in [1.82, 2.24) is 9.55 Å². The van der Waals surface area contributed by atoms with Crippen molar-refractivity contribution in [3.05, 3.63) is 33.1 Å². The van der Waals surface area contributed by atoms with Crippen LogP contribution in [0.1, 0.15) is 27.0 Å². The molecule has 1 aromatic heterocycles. The smallest absolute Gasteiger partial charge is 0.330 e. The van der Waals surface area contributed by atoms with Gasteiger partial charge in [-0.05, 0) is 18.1 Å². The van der Waals surface area contributed by atoms with Gasteiger partial charge in [0.2, 0.25) is 0 Å². The molecule has 0 bridgehead atoms. The maximum atomic E-state index is 12.1. The average Bonchev–Trinajstić information content (AvgIpc) is 2.82. The van der Waals surface area contributed by atoms with Crippen molar-refractivity contribution in [2.45, 2.75) is 63.4 Å². The fraction of sp³-hybridized carbons (Fsp3) is 0.750. The van der Waals surface area contributed by atoms with Gasteiger partial charge in [0, 0.05) is 19.4 Å². The number of aromatic nitrogens is 2. The lowest BCUT2D eigenvalue weighted by Gasteiger charge is -2.40. The number of hydrogen-bond acceptors (Lipinski definition) is 6. The predicted octanol–water partition coefficient (Wildman–Crippen LogP) is 0.832. The van der Waals surface area contributed by atoms with E-state index in [4.69, 9.17) is 13.9 Å². The molecule has 4 atom stereocenters. The zero-order valence-electron chi connectivity index (χ0n) is 15.6. The number of aliphatic hydroxyl groups excluding tert-OH is 1. The van der Waals surface area contributed by atoms with Crippen molar-refractivity contribution >= 4 is 8.32 Å². The Labute approximate surface area is 147 Å². The quantitative estimate of drug-likeness (QED) is 0.742. The summed E-state index contributed by atoms with van der Waals surface area (Å²) in [7, 11) is -0.642. The minimum atomic E-state index is -2.16. The zero-order chi connectivity index (χ0) is 19.0. The van der Waals surface area contributed by atoms with Crippen LogP contribution in [0.2, 0.25) is 18.1 Å². The summed E-state index contributed by atoms with van der Waals surface area (Å²) < 4.78 is 19.1. The summed E-state index contributed by atoms with van der Waals surface area (Å²) in [6.07, 6.45) is -1.15. The van der Waals surface area contributed by atoms with Crippen molar-refractivity contribution in [2.24, 2.45) is 0 Å². The number of hydrogen-bond donors (Lipinski definition) is 2. The van der Waals surface area contributed by atoms with Gasteiger partial charge in [0.15, 0.2) is 14.5 Å². The van der Waals surface area contributed by atoms with Gasteiger partial charge in [0.05, 0.1) is 6.61 Å². The van der Waals surface area contributed by atoms with E-state index in [9.17, 15) is 14.7 Å². The van der Waals surface area contributed by atoms with Gasteiger partial charge < -0.3 is 19.0 Å². The molecule has 0 radical (unpaired) electrons. The number of H-pyrrole nitrogens is 1. The summed E-state index contributed by atoms with van der Waals surface area (Å²) in [5, 5.41) is 9.71. The number of aromatic amines is 1. The number of methoxy groups -OCH3 is 1. The van der Waals surface area contributed by atoms with Gasteiger partial charge in [0.25, 0.3) is 5.56 Å². The first-order valence-electron chi connectivity index (χ1n) is 8.30. The van der Waals surface area contributed by atoms with E-state index in [1.165, 1.54) is 23.9 Å². The molecule has 1 fully saturated rings. The molecular weight excluding hydrogens is 344 g/mol. The second kappa shape index (κ2) is 7.16. The van der Waals surface area contributed by atoms with Gasteiger partial charge >= 0.3 is 5.69 Å². The monoisotopic (exact) mass is 372 g/mol. The third-order valence-corrected chi connectivity index (χ3v) is 9.57. The van der Waals surface area contributed by atoms with Crippen LogP contribution < -0.4 is 11.2 Å². The van der Waals surface area contributed by atoms with Crippen molar-refractivity contribution in [3.63, 3.8) is 0 Å². The van der Waals surface area contributed by atoms with Crippen LogP contribution in [0.25, 0.3) is 0 Å². The highest BCUT2D eigenvalue weighted by Crippen LogP contribution is 2.41. The molecule has 1 aliphatic heterocycles. The number of nitrogens with zero attached hydrogens (tertiary/aromatic N) is 1. The SMILES string of the molecule is CO[C@H]1C(O[Si](C)(C)C(C)(C)C)[C@@H](CO)O[C@H]1n1ccc(=O)[nH]c1=O. The molecule has 0 amide bonds. The van der Waals surface area contributed by atoms with Gasteiger partial charge in [-0.1, -0.05) is 20.8 Å². The molecule has 0 saturated carbocycles. The van der Waals surface area contributed by atoms with Gasteiger partial charge in [-0.3, -0.25) is 14.3 Å². The van der Waals surface area contributed by atoms with Crippen molar-refractivity contribution in [2.75, 3.05) is 13.7 Å². The predicted molar refractivity (Wildman–Crippen MR) is 95.2 cm³/mol. The molecule has 1 saturated heterocycles. The molecule has 9 heteroatoms. The van der Waals surface area contributed by atoms with Gasteiger partial charge in [0.1, 0.15) is 18.3 Å². The molecule has 142 valence electrons. The summed E-state index contributed by atoms with van der Waals surface area (Å²) in [6.45, 7) is 10.3. The normalized spacial score (nSPS) is 27.6. The molecule has 0 aliphatic carbocycles. The van der Waals surface area contributed by atoms with Crippen LogP contribution >= 0.6 is 0 Å². The summed E-state index contributed by atoms with van der Waals surface area (Å²) in [5.74, 6) is 0. The standard InChI is InChI=1S/C16H28N2O6Si/c1-16(2,3)25(5,6)24-12-10(9-19)23-14(13(12)22-4)18-8-7-11(20)17-15(18)21/h7-8,10,12-14,19H,9H2,1-6H3,(H,17,20,21)/t10-,12?,13+,14-/m1/s1. The first-order valence-corrected chi connectivity index (χ1v) is 11.2. The Balaban J connectivity index is 2.38. The molecular formula is C16H28N2O6Si. The van der Waals surface area contributed by atoms with E-state index in [1.54, 1.807) is 0 Å². The fourth-order valence-electron chi connectivity index (χ4n) is 2.62. The summed E-state index contributed by atoms with van der Waals surface area (Å²) >= 11 is 0. The molecule has 8 nitrogen and oxygen atoms in total. The van der Waals surface area contributed by atoms with Gasteiger partial charge in [-0.15, -0.1) is 0 Å². The van der Waals surface area contributed by atoms with Crippen LogP contribution in [0.3, 0.4) is 0 Å². The molecule has 25 heavy (non-hydrogen) atoms. The largest absolute Gasteiger partial charge is 0.408 e. The summed E-state index contributed by atoms with van der Waals surface area (Å²) in [6, 6.07) is 1.24. The Morgan fingerprint density at radius 2 is 1.96 bits per heavy atom. The number of rotatable bonds is 5. The lowest BCUT2D eigenvalue weighted by Crippen LogP contribution is -2.50. The second-order valence-corrected chi connectivity index (χ2v) is 12.6. The van der Waals surface area contributed by atoms with Crippen molar-refractivity contribution in [1.29, 1.82) is 0 Å². The first kappa shape index (κ1) is 20.1. The summed E-state index contributed by atoms with van der Waals surface area (Å²) in [5.41, 5.74) is -1.08. The lowest BCUT2D eigenvalue weighted by molar-refractivity contribution is -0.0625. The van der Waals surface area contributed by atoms with E-state index in [2.05, 4.69) is 38.8 Å². The van der Waals surface area contributed by atoms with E-state index in [0.717, 1.165) is 0 Å². The minimum Gasteiger partial charge on any atom is -0.408 e. The van der Waals surface area contributed by atoms with E-state index >= 15 is 0 Å². The molecule has 2 N–H and O–H groups in total. The third-order valence-electron chi connectivity index (χ3n) is 5.10. The number of ether oxygens (including phenoxy) is 2. The Bertz CT molecular complexity index is 708.